The van der Waals surface area contributed by atoms with Crippen LogP contribution in [0.5, 0.6) is 0 Å². The van der Waals surface area contributed by atoms with Gasteiger partial charge in [-0.15, -0.1) is 0 Å². The van der Waals surface area contributed by atoms with Crippen LogP contribution < -0.4 is 11.1 Å². The van der Waals surface area contributed by atoms with E-state index in [1.54, 1.807) is 13.0 Å². The lowest BCUT2D eigenvalue weighted by atomic mass is 10.1. The zero-order valence-corrected chi connectivity index (χ0v) is 12.0. The summed E-state index contributed by atoms with van der Waals surface area (Å²) in [6.45, 7) is 5.10. The van der Waals surface area contributed by atoms with Gasteiger partial charge in [-0.2, -0.15) is 0 Å². The summed E-state index contributed by atoms with van der Waals surface area (Å²) in [6.07, 6.45) is 1.32. The average molecular weight is 278 g/mol. The number of nitrogens with two attached hydrogens (primary N) is 1. The first-order chi connectivity index (χ1) is 9.56. The minimum absolute atomic E-state index is 0.108. The Morgan fingerprint density at radius 2 is 2.15 bits per heavy atom. The fourth-order valence-corrected chi connectivity index (χ4v) is 2.22. The number of hydrogen-bond donors (Lipinski definition) is 2. The predicted octanol–water partition coefficient (Wildman–Crippen LogP) is 2.10. The third-order valence-electron chi connectivity index (χ3n) is 3.44. The maximum Gasteiger partial charge on any atom is 0.253 e. The number of rotatable bonds is 4. The van der Waals surface area contributed by atoms with E-state index >= 15 is 0 Å². The van der Waals surface area contributed by atoms with Crippen LogP contribution in [0.3, 0.4) is 0 Å². The van der Waals surface area contributed by atoms with E-state index < -0.39 is 6.10 Å². The van der Waals surface area contributed by atoms with Crippen molar-refractivity contribution in [3.8, 4) is 0 Å². The molecule has 1 unspecified atom stereocenters. The van der Waals surface area contributed by atoms with E-state index in [2.05, 4.69) is 5.32 Å². The van der Waals surface area contributed by atoms with Crippen molar-refractivity contribution in [1.29, 1.82) is 0 Å². The third kappa shape index (κ3) is 3.95. The summed E-state index contributed by atoms with van der Waals surface area (Å²) in [5.74, 6) is -0.135. The van der Waals surface area contributed by atoms with Crippen LogP contribution >= 0.6 is 0 Å². The van der Waals surface area contributed by atoms with Gasteiger partial charge in [-0.1, -0.05) is 0 Å². The van der Waals surface area contributed by atoms with Crippen LogP contribution in [0, 0.1) is 6.92 Å². The molecule has 1 fully saturated rings. The molecule has 0 saturated carbocycles. The van der Waals surface area contributed by atoms with Crippen molar-refractivity contribution in [2.45, 2.75) is 38.9 Å². The Hall–Kier alpha value is -1.59. The molecular weight excluding hydrogens is 256 g/mol. The molecule has 5 nitrogen and oxygen atoms in total. The number of ether oxygens (including phenoxy) is 2. The molecule has 1 aromatic rings. The van der Waals surface area contributed by atoms with Crippen LogP contribution in [0.15, 0.2) is 18.2 Å². The lowest BCUT2D eigenvalue weighted by molar-refractivity contribution is -0.133. The van der Waals surface area contributed by atoms with E-state index in [9.17, 15) is 4.79 Å². The zero-order valence-electron chi connectivity index (χ0n) is 12.0. The van der Waals surface area contributed by atoms with Crippen LogP contribution in [-0.2, 0) is 14.3 Å². The number of aryl methyl sites for hydroxylation is 1. The molecule has 110 valence electrons. The molecule has 0 bridgehead atoms. The van der Waals surface area contributed by atoms with Crippen LogP contribution in [0.2, 0.25) is 0 Å². The lowest BCUT2D eigenvalue weighted by Crippen LogP contribution is -2.34. The molecule has 1 aliphatic rings. The molecule has 0 aromatic heterocycles. The molecule has 5 heteroatoms. The fraction of sp³-hybridized carbons (Fsp3) is 0.533. The molecule has 0 spiro atoms. The zero-order chi connectivity index (χ0) is 14.5. The smallest absolute Gasteiger partial charge is 0.253 e. The molecule has 2 rings (SSSR count). The molecule has 1 aromatic carbocycles. The van der Waals surface area contributed by atoms with E-state index in [-0.39, 0.29) is 12.0 Å². The molecule has 1 heterocycles. The van der Waals surface area contributed by atoms with Gasteiger partial charge in [-0.25, -0.2) is 0 Å². The van der Waals surface area contributed by atoms with Gasteiger partial charge in [-0.05, 0) is 50.5 Å². The number of benzene rings is 1. The van der Waals surface area contributed by atoms with Crippen LogP contribution in [-0.4, -0.2) is 31.3 Å². The number of anilines is 2. The van der Waals surface area contributed by atoms with Gasteiger partial charge in [0.05, 0.1) is 6.10 Å². The highest BCUT2D eigenvalue weighted by atomic mass is 16.5. The molecular formula is C15H22N2O3. The Bertz CT molecular complexity index is 470. The Morgan fingerprint density at radius 1 is 1.45 bits per heavy atom. The van der Waals surface area contributed by atoms with Crippen LogP contribution in [0.4, 0.5) is 11.4 Å². The highest BCUT2D eigenvalue weighted by Crippen LogP contribution is 2.19. The van der Waals surface area contributed by atoms with Crippen molar-refractivity contribution in [2.75, 3.05) is 24.3 Å². The summed E-state index contributed by atoms with van der Waals surface area (Å²) in [4.78, 5) is 12.1. The van der Waals surface area contributed by atoms with Crippen molar-refractivity contribution in [2.24, 2.45) is 0 Å². The molecule has 20 heavy (non-hydrogen) atoms. The summed E-state index contributed by atoms with van der Waals surface area (Å²) < 4.78 is 11.0. The van der Waals surface area contributed by atoms with Crippen molar-refractivity contribution in [3.63, 3.8) is 0 Å². The molecule has 1 amide bonds. The summed E-state index contributed by atoms with van der Waals surface area (Å²) in [6, 6.07) is 5.41. The first-order valence-electron chi connectivity index (χ1n) is 6.96. The van der Waals surface area contributed by atoms with Crippen molar-refractivity contribution >= 4 is 17.3 Å². The Morgan fingerprint density at radius 3 is 2.80 bits per heavy atom. The maximum atomic E-state index is 12.1. The molecule has 3 N–H and O–H groups in total. The topological polar surface area (TPSA) is 73.6 Å². The molecule has 1 aliphatic heterocycles. The Labute approximate surface area is 119 Å². The first-order valence-corrected chi connectivity index (χ1v) is 6.96. The van der Waals surface area contributed by atoms with E-state index in [1.807, 2.05) is 19.1 Å². The fourth-order valence-electron chi connectivity index (χ4n) is 2.22. The third-order valence-corrected chi connectivity index (χ3v) is 3.44. The van der Waals surface area contributed by atoms with Crippen molar-refractivity contribution < 1.29 is 14.3 Å². The van der Waals surface area contributed by atoms with Gasteiger partial charge in [0.25, 0.3) is 5.91 Å². The van der Waals surface area contributed by atoms with Crippen LogP contribution in [0.1, 0.15) is 25.3 Å². The van der Waals surface area contributed by atoms with Gasteiger partial charge in [0.2, 0.25) is 0 Å². The summed E-state index contributed by atoms with van der Waals surface area (Å²) in [5.41, 5.74) is 8.09. The number of amides is 1. The quantitative estimate of drug-likeness (QED) is 0.827. The summed E-state index contributed by atoms with van der Waals surface area (Å²) >= 11 is 0. The van der Waals surface area contributed by atoms with Gasteiger partial charge in [-0.3, -0.25) is 4.79 Å². The first kappa shape index (κ1) is 14.8. The molecule has 0 aliphatic carbocycles. The highest BCUT2D eigenvalue weighted by Gasteiger charge is 2.21. The maximum absolute atomic E-state index is 12.1. The van der Waals surface area contributed by atoms with E-state index in [1.165, 1.54) is 0 Å². The van der Waals surface area contributed by atoms with E-state index in [4.69, 9.17) is 15.2 Å². The van der Waals surface area contributed by atoms with Gasteiger partial charge in [0, 0.05) is 24.6 Å². The standard InChI is InChI=1S/C15H22N2O3/c1-10-9-12(16)3-4-14(10)17-15(18)11(2)20-13-5-7-19-8-6-13/h3-4,9,11,13H,5-8,16H2,1-2H3,(H,17,18). The molecule has 1 saturated heterocycles. The molecule has 1 atom stereocenters. The number of carbonyl (C=O) groups excluding carboxylic acids is 1. The second-order valence-corrected chi connectivity index (χ2v) is 5.15. The average Bonchev–Trinajstić information content (AvgIpc) is 2.43. The highest BCUT2D eigenvalue weighted by molar-refractivity contribution is 5.94. The molecule has 0 radical (unpaired) electrons. The van der Waals surface area contributed by atoms with Crippen LogP contribution in [0.25, 0.3) is 0 Å². The Kier molecular flexibility index (Phi) is 4.98. The second kappa shape index (κ2) is 6.72. The predicted molar refractivity (Wildman–Crippen MR) is 78.6 cm³/mol. The minimum atomic E-state index is -0.477. The van der Waals surface area contributed by atoms with Gasteiger partial charge >= 0.3 is 0 Å². The SMILES string of the molecule is Cc1cc(N)ccc1NC(=O)C(C)OC1CCOCC1. The monoisotopic (exact) mass is 278 g/mol. The summed E-state index contributed by atoms with van der Waals surface area (Å²) in [7, 11) is 0. The number of carbonyl (C=O) groups is 1. The normalized spacial score (nSPS) is 17.7. The van der Waals surface area contributed by atoms with Gasteiger partial charge < -0.3 is 20.5 Å². The lowest BCUT2D eigenvalue weighted by Gasteiger charge is -2.25. The minimum Gasteiger partial charge on any atom is -0.399 e. The van der Waals surface area contributed by atoms with Crippen molar-refractivity contribution in [3.05, 3.63) is 23.8 Å². The number of nitrogens with one attached hydrogen (secondary N) is 1. The largest absolute Gasteiger partial charge is 0.399 e. The van der Waals surface area contributed by atoms with E-state index in [0.29, 0.717) is 18.9 Å². The number of hydrogen-bond acceptors (Lipinski definition) is 4. The Balaban J connectivity index is 1.89. The second-order valence-electron chi connectivity index (χ2n) is 5.15. The van der Waals surface area contributed by atoms with Gasteiger partial charge in [0.15, 0.2) is 0 Å². The van der Waals surface area contributed by atoms with Crippen molar-refractivity contribution in [1.82, 2.24) is 0 Å². The van der Waals surface area contributed by atoms with E-state index in [0.717, 1.165) is 24.1 Å². The van der Waals surface area contributed by atoms with Gasteiger partial charge in [0.1, 0.15) is 6.10 Å². The number of nitrogen functional groups attached to an aromatic ring is 1. The summed E-state index contributed by atoms with van der Waals surface area (Å²) in [5, 5.41) is 2.88.